The van der Waals surface area contributed by atoms with Gasteiger partial charge in [0.2, 0.25) is 0 Å². The number of aliphatic hydroxyl groups excluding tert-OH is 1. The second-order valence-electron chi connectivity index (χ2n) is 4.07. The first-order chi connectivity index (χ1) is 8.11. The van der Waals surface area contributed by atoms with Crippen LogP contribution in [0.3, 0.4) is 0 Å². The van der Waals surface area contributed by atoms with Gasteiger partial charge >= 0.3 is 0 Å². The van der Waals surface area contributed by atoms with Crippen molar-refractivity contribution in [3.63, 3.8) is 0 Å². The van der Waals surface area contributed by atoms with Gasteiger partial charge in [0.25, 0.3) is 5.91 Å². The third-order valence-corrected chi connectivity index (χ3v) is 2.84. The van der Waals surface area contributed by atoms with Crippen LogP contribution in [0.4, 0.5) is 4.39 Å². The molecule has 0 aliphatic carbocycles. The minimum Gasteiger partial charge on any atom is -0.480 e. The van der Waals surface area contributed by atoms with Crippen molar-refractivity contribution in [1.82, 2.24) is 4.90 Å². The zero-order valence-corrected chi connectivity index (χ0v) is 9.52. The van der Waals surface area contributed by atoms with E-state index in [-0.39, 0.29) is 12.5 Å². The standard InChI is InChI=1S/C12H14FNO3/c1-14-5-4-11(12(14)16)17-10-3-2-9(13)6-8(10)7-15/h2-3,6,11,15H,4-5,7H2,1H3. The van der Waals surface area contributed by atoms with Crippen LogP contribution in [0.25, 0.3) is 0 Å². The number of likely N-dealkylation sites (tertiary alicyclic amines) is 1. The summed E-state index contributed by atoms with van der Waals surface area (Å²) in [5.41, 5.74) is 0.354. The van der Waals surface area contributed by atoms with Gasteiger partial charge in [-0.3, -0.25) is 4.79 Å². The predicted molar refractivity (Wildman–Crippen MR) is 59.0 cm³/mol. The van der Waals surface area contributed by atoms with E-state index >= 15 is 0 Å². The van der Waals surface area contributed by atoms with E-state index in [0.717, 1.165) is 0 Å². The SMILES string of the molecule is CN1CCC(Oc2ccc(F)cc2CO)C1=O. The Morgan fingerprint density at radius 3 is 2.94 bits per heavy atom. The number of hydrogen-bond acceptors (Lipinski definition) is 3. The van der Waals surface area contributed by atoms with Crippen LogP contribution in [-0.4, -0.2) is 35.6 Å². The average molecular weight is 239 g/mol. The van der Waals surface area contributed by atoms with Crippen molar-refractivity contribution in [3.8, 4) is 5.75 Å². The quantitative estimate of drug-likeness (QED) is 0.853. The van der Waals surface area contributed by atoms with E-state index in [1.165, 1.54) is 18.2 Å². The molecule has 1 N–H and O–H groups in total. The summed E-state index contributed by atoms with van der Waals surface area (Å²) in [5.74, 6) is -0.156. The van der Waals surface area contributed by atoms with Crippen molar-refractivity contribution in [1.29, 1.82) is 0 Å². The Labute approximate surface area is 98.6 Å². The van der Waals surface area contributed by atoms with Crippen molar-refractivity contribution < 1.29 is 19.0 Å². The average Bonchev–Trinajstić information content (AvgIpc) is 2.63. The Hall–Kier alpha value is -1.62. The Kier molecular flexibility index (Phi) is 3.28. The maximum atomic E-state index is 12.9. The molecule has 17 heavy (non-hydrogen) atoms. The van der Waals surface area contributed by atoms with E-state index in [1.54, 1.807) is 11.9 Å². The van der Waals surface area contributed by atoms with E-state index in [4.69, 9.17) is 9.84 Å². The highest BCUT2D eigenvalue weighted by molar-refractivity contribution is 5.83. The number of likely N-dealkylation sites (N-methyl/N-ethyl adjacent to an activating group) is 1. The van der Waals surface area contributed by atoms with Gasteiger partial charge in [0, 0.05) is 25.6 Å². The number of hydrogen-bond donors (Lipinski definition) is 1. The minimum atomic E-state index is -0.532. The summed E-state index contributed by atoms with van der Waals surface area (Å²) in [6, 6.07) is 3.89. The van der Waals surface area contributed by atoms with Gasteiger partial charge < -0.3 is 14.7 Å². The summed E-state index contributed by atoms with van der Waals surface area (Å²) in [4.78, 5) is 13.2. The fourth-order valence-corrected chi connectivity index (χ4v) is 1.84. The summed E-state index contributed by atoms with van der Waals surface area (Å²) >= 11 is 0. The van der Waals surface area contributed by atoms with Crippen LogP contribution < -0.4 is 4.74 Å². The number of carbonyl (C=O) groups is 1. The number of carbonyl (C=O) groups excluding carboxylic acids is 1. The molecule has 2 rings (SSSR count). The van der Waals surface area contributed by atoms with Crippen molar-refractivity contribution in [2.24, 2.45) is 0 Å². The first-order valence-corrected chi connectivity index (χ1v) is 5.42. The summed E-state index contributed by atoms with van der Waals surface area (Å²) in [7, 11) is 1.71. The Balaban J connectivity index is 2.16. The van der Waals surface area contributed by atoms with Crippen LogP contribution in [-0.2, 0) is 11.4 Å². The molecule has 1 unspecified atom stereocenters. The predicted octanol–water partition coefficient (Wildman–Crippen LogP) is 0.927. The number of rotatable bonds is 3. The van der Waals surface area contributed by atoms with Crippen molar-refractivity contribution in [2.75, 3.05) is 13.6 Å². The van der Waals surface area contributed by atoms with Crippen LogP contribution >= 0.6 is 0 Å². The van der Waals surface area contributed by atoms with Gasteiger partial charge in [-0.1, -0.05) is 0 Å². The van der Waals surface area contributed by atoms with Crippen LogP contribution in [0.15, 0.2) is 18.2 Å². The molecule has 1 fully saturated rings. The molecule has 0 spiro atoms. The van der Waals surface area contributed by atoms with Gasteiger partial charge in [0.05, 0.1) is 6.61 Å². The summed E-state index contributed by atoms with van der Waals surface area (Å²) < 4.78 is 18.5. The number of amides is 1. The third kappa shape index (κ3) is 2.39. The van der Waals surface area contributed by atoms with Gasteiger partial charge in [-0.25, -0.2) is 4.39 Å². The molecule has 0 saturated carbocycles. The van der Waals surface area contributed by atoms with Gasteiger partial charge in [-0.2, -0.15) is 0 Å². The molecule has 1 amide bonds. The summed E-state index contributed by atoms with van der Waals surface area (Å²) in [6.07, 6.45) is 0.0770. The highest BCUT2D eigenvalue weighted by Crippen LogP contribution is 2.24. The lowest BCUT2D eigenvalue weighted by atomic mass is 10.2. The number of benzene rings is 1. The summed E-state index contributed by atoms with van der Waals surface area (Å²) in [6.45, 7) is 0.336. The van der Waals surface area contributed by atoms with Crippen molar-refractivity contribution in [2.45, 2.75) is 19.1 Å². The Bertz CT molecular complexity index is 436. The Morgan fingerprint density at radius 2 is 2.35 bits per heavy atom. The highest BCUT2D eigenvalue weighted by Gasteiger charge is 2.31. The van der Waals surface area contributed by atoms with Gasteiger partial charge in [0.1, 0.15) is 11.6 Å². The zero-order valence-electron chi connectivity index (χ0n) is 9.52. The molecule has 1 saturated heterocycles. The molecular formula is C12H14FNO3. The van der Waals surface area contributed by atoms with Crippen molar-refractivity contribution >= 4 is 5.91 Å². The van der Waals surface area contributed by atoms with Gasteiger partial charge in [-0.05, 0) is 18.2 Å². The molecule has 5 heteroatoms. The van der Waals surface area contributed by atoms with Crippen molar-refractivity contribution in [3.05, 3.63) is 29.6 Å². The maximum absolute atomic E-state index is 12.9. The monoisotopic (exact) mass is 239 g/mol. The fourth-order valence-electron chi connectivity index (χ4n) is 1.84. The van der Waals surface area contributed by atoms with Crippen LogP contribution in [0.5, 0.6) is 5.75 Å². The second kappa shape index (κ2) is 4.71. The summed E-state index contributed by atoms with van der Waals surface area (Å²) in [5, 5.41) is 9.09. The molecule has 4 nitrogen and oxygen atoms in total. The minimum absolute atomic E-state index is 0.0850. The van der Waals surface area contributed by atoms with E-state index in [1.807, 2.05) is 0 Å². The molecule has 1 heterocycles. The first kappa shape index (κ1) is 11.9. The smallest absolute Gasteiger partial charge is 0.263 e. The molecule has 0 radical (unpaired) electrons. The lowest BCUT2D eigenvalue weighted by Crippen LogP contribution is -2.29. The number of halogens is 1. The van der Waals surface area contributed by atoms with E-state index in [2.05, 4.69) is 0 Å². The molecule has 1 aliphatic rings. The fraction of sp³-hybridized carbons (Fsp3) is 0.417. The largest absolute Gasteiger partial charge is 0.480 e. The molecule has 0 aromatic heterocycles. The Morgan fingerprint density at radius 1 is 1.59 bits per heavy atom. The molecule has 1 aromatic carbocycles. The number of ether oxygens (including phenoxy) is 1. The van der Waals surface area contributed by atoms with Crippen LogP contribution in [0, 0.1) is 5.82 Å². The highest BCUT2D eigenvalue weighted by atomic mass is 19.1. The number of nitrogens with zero attached hydrogens (tertiary/aromatic N) is 1. The molecular weight excluding hydrogens is 225 g/mol. The zero-order chi connectivity index (χ0) is 12.4. The molecule has 1 atom stereocenters. The molecule has 92 valence electrons. The third-order valence-electron chi connectivity index (χ3n) is 2.84. The van der Waals surface area contributed by atoms with E-state index in [0.29, 0.717) is 24.3 Å². The molecule has 0 bridgehead atoms. The number of aliphatic hydroxyl groups is 1. The normalized spacial score (nSPS) is 19.8. The van der Waals surface area contributed by atoms with Gasteiger partial charge in [-0.15, -0.1) is 0 Å². The van der Waals surface area contributed by atoms with Crippen LogP contribution in [0.2, 0.25) is 0 Å². The molecule has 1 aromatic rings. The van der Waals surface area contributed by atoms with Gasteiger partial charge in [0.15, 0.2) is 6.10 Å². The molecule has 1 aliphatic heterocycles. The van der Waals surface area contributed by atoms with E-state index in [9.17, 15) is 9.18 Å². The lowest BCUT2D eigenvalue weighted by Gasteiger charge is -2.15. The first-order valence-electron chi connectivity index (χ1n) is 5.42. The lowest BCUT2D eigenvalue weighted by molar-refractivity contribution is -0.132. The van der Waals surface area contributed by atoms with E-state index < -0.39 is 11.9 Å². The maximum Gasteiger partial charge on any atom is 0.263 e. The van der Waals surface area contributed by atoms with Crippen LogP contribution in [0.1, 0.15) is 12.0 Å². The second-order valence-corrected chi connectivity index (χ2v) is 4.07. The topological polar surface area (TPSA) is 49.8 Å².